The van der Waals surface area contributed by atoms with E-state index < -0.39 is 0 Å². The number of nitrogens with zero attached hydrogens (tertiary/aromatic N) is 2. The van der Waals surface area contributed by atoms with Crippen LogP contribution in [0.15, 0.2) is 66.7 Å². The number of methoxy groups -OCH3 is 1. The molecule has 0 saturated heterocycles. The molecule has 30 heavy (non-hydrogen) atoms. The van der Waals surface area contributed by atoms with E-state index in [9.17, 15) is 4.79 Å². The van der Waals surface area contributed by atoms with E-state index in [1.807, 2.05) is 18.2 Å². The average molecular weight is 399 g/mol. The lowest BCUT2D eigenvalue weighted by Crippen LogP contribution is -2.05. The second-order valence-corrected chi connectivity index (χ2v) is 7.54. The van der Waals surface area contributed by atoms with Crippen LogP contribution in [0.1, 0.15) is 40.7 Å². The maximum absolute atomic E-state index is 12.1. The summed E-state index contributed by atoms with van der Waals surface area (Å²) in [6, 6.07) is 22.3. The number of aromatic nitrogens is 2. The van der Waals surface area contributed by atoms with Crippen LogP contribution in [0.25, 0.3) is 22.2 Å². The summed E-state index contributed by atoms with van der Waals surface area (Å²) in [4.78, 5) is 17.0. The van der Waals surface area contributed by atoms with Gasteiger partial charge in [0.25, 0.3) is 0 Å². The van der Waals surface area contributed by atoms with Gasteiger partial charge in [0.1, 0.15) is 5.82 Å². The second-order valence-electron chi connectivity index (χ2n) is 7.54. The normalized spacial score (nSPS) is 11.0. The number of imidazole rings is 1. The molecule has 1 aromatic heterocycles. The molecule has 0 amide bonds. The van der Waals surface area contributed by atoms with E-state index in [-0.39, 0.29) is 5.97 Å². The molecule has 0 radical (unpaired) electrons. The number of para-hydroxylation sites is 1. The Morgan fingerprint density at radius 2 is 1.77 bits per heavy atom. The molecular weight excluding hydrogens is 372 g/mol. The molecule has 4 aromatic rings. The highest BCUT2D eigenvalue weighted by molar-refractivity contribution is 5.97. The Morgan fingerprint density at radius 1 is 1.00 bits per heavy atom. The van der Waals surface area contributed by atoms with E-state index in [0.29, 0.717) is 5.56 Å². The Balaban J connectivity index is 1.68. The van der Waals surface area contributed by atoms with Crippen molar-refractivity contribution in [1.82, 2.24) is 9.55 Å². The molecule has 0 unspecified atom stereocenters. The molecule has 0 aliphatic carbocycles. The molecular formula is C26H26N2O2. The Labute approximate surface area is 177 Å². The molecule has 0 N–H and O–H groups in total. The van der Waals surface area contributed by atoms with Crippen LogP contribution in [0.3, 0.4) is 0 Å². The smallest absolute Gasteiger partial charge is 0.338 e. The number of aryl methyl sites for hydroxylation is 2. The zero-order valence-corrected chi connectivity index (χ0v) is 17.7. The number of carbonyl (C=O) groups is 1. The molecule has 3 aromatic carbocycles. The molecule has 0 atom stereocenters. The Morgan fingerprint density at radius 3 is 2.50 bits per heavy atom. The lowest BCUT2D eigenvalue weighted by atomic mass is 9.98. The van der Waals surface area contributed by atoms with Gasteiger partial charge in [-0.05, 0) is 47.7 Å². The second kappa shape index (κ2) is 8.54. The summed E-state index contributed by atoms with van der Waals surface area (Å²) in [5.41, 5.74) is 7.13. The molecule has 0 aliphatic rings. The summed E-state index contributed by atoms with van der Waals surface area (Å²) in [5, 5.41) is 0. The van der Waals surface area contributed by atoms with Crippen LogP contribution in [0, 0.1) is 6.92 Å². The predicted molar refractivity (Wildman–Crippen MR) is 121 cm³/mol. The summed E-state index contributed by atoms with van der Waals surface area (Å²) in [5.74, 6) is 0.807. The first kappa shape index (κ1) is 19.9. The van der Waals surface area contributed by atoms with Gasteiger partial charge < -0.3 is 9.30 Å². The Kier molecular flexibility index (Phi) is 5.66. The number of esters is 1. The predicted octanol–water partition coefficient (Wildman–Crippen LogP) is 5.80. The SMILES string of the molecule is CCCc1nc2c(C)cccc2n1Cc1ccc(-c2ccccc2C(=O)OC)cc1. The number of hydrogen-bond acceptors (Lipinski definition) is 3. The van der Waals surface area contributed by atoms with E-state index in [0.717, 1.165) is 41.9 Å². The monoisotopic (exact) mass is 398 g/mol. The molecule has 0 spiro atoms. The molecule has 4 rings (SSSR count). The Hall–Kier alpha value is -3.40. The van der Waals surface area contributed by atoms with Gasteiger partial charge in [-0.2, -0.15) is 0 Å². The van der Waals surface area contributed by atoms with Crippen LogP contribution >= 0.6 is 0 Å². The average Bonchev–Trinajstić information content (AvgIpc) is 3.12. The lowest BCUT2D eigenvalue weighted by molar-refractivity contribution is 0.0601. The first-order valence-electron chi connectivity index (χ1n) is 10.3. The lowest BCUT2D eigenvalue weighted by Gasteiger charge is -2.11. The zero-order valence-electron chi connectivity index (χ0n) is 17.7. The highest BCUT2D eigenvalue weighted by Crippen LogP contribution is 2.26. The first-order chi connectivity index (χ1) is 14.6. The van der Waals surface area contributed by atoms with Gasteiger partial charge >= 0.3 is 5.97 Å². The van der Waals surface area contributed by atoms with Gasteiger partial charge in [-0.15, -0.1) is 0 Å². The van der Waals surface area contributed by atoms with Crippen LogP contribution in [-0.2, 0) is 17.7 Å². The van der Waals surface area contributed by atoms with Crippen LogP contribution in [0.4, 0.5) is 0 Å². The third-order valence-electron chi connectivity index (χ3n) is 5.47. The number of rotatable bonds is 6. The van der Waals surface area contributed by atoms with Gasteiger partial charge in [-0.1, -0.05) is 61.5 Å². The van der Waals surface area contributed by atoms with Crippen LogP contribution in [0.5, 0.6) is 0 Å². The summed E-state index contributed by atoms with van der Waals surface area (Å²) < 4.78 is 7.25. The largest absolute Gasteiger partial charge is 0.465 e. The van der Waals surface area contributed by atoms with E-state index >= 15 is 0 Å². The summed E-state index contributed by atoms with van der Waals surface area (Å²) in [7, 11) is 1.41. The Bertz CT molecular complexity index is 1190. The quantitative estimate of drug-likeness (QED) is 0.386. The minimum atomic E-state index is -0.320. The highest BCUT2D eigenvalue weighted by atomic mass is 16.5. The van der Waals surface area contributed by atoms with Crippen molar-refractivity contribution < 1.29 is 9.53 Å². The summed E-state index contributed by atoms with van der Waals surface area (Å²) in [6.45, 7) is 5.07. The van der Waals surface area contributed by atoms with Crippen molar-refractivity contribution in [3.63, 3.8) is 0 Å². The van der Waals surface area contributed by atoms with Crippen molar-refractivity contribution >= 4 is 17.0 Å². The number of ether oxygens (including phenoxy) is 1. The summed E-state index contributed by atoms with van der Waals surface area (Å²) >= 11 is 0. The fourth-order valence-corrected chi connectivity index (χ4v) is 3.92. The number of fused-ring (bicyclic) bond motifs is 1. The fraction of sp³-hybridized carbons (Fsp3) is 0.231. The standard InChI is InChI=1S/C26H26N2O2/c1-4-8-24-27-25-18(2)9-7-12-23(25)28(24)17-19-13-15-20(16-14-19)21-10-5-6-11-22(21)26(29)30-3/h5-7,9-16H,4,8,17H2,1-3H3. The molecule has 0 fully saturated rings. The van der Waals surface area contributed by atoms with E-state index in [1.54, 1.807) is 6.07 Å². The van der Waals surface area contributed by atoms with Crippen LogP contribution in [0.2, 0.25) is 0 Å². The molecule has 0 aliphatic heterocycles. The van der Waals surface area contributed by atoms with Gasteiger partial charge in [-0.25, -0.2) is 9.78 Å². The maximum atomic E-state index is 12.1. The molecule has 0 bridgehead atoms. The van der Waals surface area contributed by atoms with Gasteiger partial charge in [0, 0.05) is 13.0 Å². The number of benzene rings is 3. The van der Waals surface area contributed by atoms with Crippen molar-refractivity contribution in [2.75, 3.05) is 7.11 Å². The first-order valence-corrected chi connectivity index (χ1v) is 10.3. The van der Waals surface area contributed by atoms with Crippen molar-refractivity contribution in [3.05, 3.63) is 89.2 Å². The molecule has 1 heterocycles. The highest BCUT2D eigenvalue weighted by Gasteiger charge is 2.14. The van der Waals surface area contributed by atoms with Crippen molar-refractivity contribution in [3.8, 4) is 11.1 Å². The maximum Gasteiger partial charge on any atom is 0.338 e. The zero-order chi connectivity index (χ0) is 21.1. The molecule has 4 heteroatoms. The van der Waals surface area contributed by atoms with Gasteiger partial charge in [0.05, 0.1) is 23.7 Å². The van der Waals surface area contributed by atoms with Gasteiger partial charge in [0.2, 0.25) is 0 Å². The minimum absolute atomic E-state index is 0.320. The minimum Gasteiger partial charge on any atom is -0.465 e. The van der Waals surface area contributed by atoms with E-state index in [4.69, 9.17) is 9.72 Å². The topological polar surface area (TPSA) is 44.1 Å². The number of hydrogen-bond donors (Lipinski definition) is 0. The van der Waals surface area contributed by atoms with E-state index in [2.05, 4.69) is 60.9 Å². The molecule has 152 valence electrons. The third kappa shape index (κ3) is 3.73. The third-order valence-corrected chi connectivity index (χ3v) is 5.47. The fourth-order valence-electron chi connectivity index (χ4n) is 3.92. The van der Waals surface area contributed by atoms with Crippen molar-refractivity contribution in [2.24, 2.45) is 0 Å². The van der Waals surface area contributed by atoms with Gasteiger partial charge in [-0.3, -0.25) is 0 Å². The number of carbonyl (C=O) groups excluding carboxylic acids is 1. The van der Waals surface area contributed by atoms with Crippen LogP contribution < -0.4 is 0 Å². The van der Waals surface area contributed by atoms with E-state index in [1.165, 1.54) is 23.8 Å². The van der Waals surface area contributed by atoms with Crippen molar-refractivity contribution in [1.29, 1.82) is 0 Å². The van der Waals surface area contributed by atoms with Crippen LogP contribution in [-0.4, -0.2) is 22.6 Å². The summed E-state index contributed by atoms with van der Waals surface area (Å²) in [6.07, 6.45) is 2.02. The van der Waals surface area contributed by atoms with Gasteiger partial charge in [0.15, 0.2) is 0 Å². The molecule has 0 saturated carbocycles. The van der Waals surface area contributed by atoms with Crippen molar-refractivity contribution in [2.45, 2.75) is 33.2 Å². The molecule has 4 nitrogen and oxygen atoms in total.